The number of carbonyl (C=O) groups excluding carboxylic acids is 3. The third-order valence-corrected chi connectivity index (χ3v) is 6.15. The van der Waals surface area contributed by atoms with Crippen LogP contribution in [0.2, 0.25) is 0 Å². The molecule has 2 saturated heterocycles. The Kier molecular flexibility index (Phi) is 7.84. The number of nitrogens with two attached hydrogens (primary N) is 1. The second kappa shape index (κ2) is 10.6. The van der Waals surface area contributed by atoms with E-state index in [0.29, 0.717) is 25.3 Å². The van der Waals surface area contributed by atoms with Crippen LogP contribution in [0.25, 0.3) is 0 Å². The minimum atomic E-state index is -0.368. The summed E-state index contributed by atoms with van der Waals surface area (Å²) in [5, 5.41) is 0. The van der Waals surface area contributed by atoms with Crippen molar-refractivity contribution in [2.24, 2.45) is 11.7 Å². The number of hydrogen-bond acceptors (Lipinski definition) is 7. The van der Waals surface area contributed by atoms with Crippen LogP contribution in [0.3, 0.4) is 0 Å². The van der Waals surface area contributed by atoms with Crippen LogP contribution < -0.4 is 10.6 Å². The third-order valence-electron chi connectivity index (χ3n) is 6.15. The van der Waals surface area contributed by atoms with Gasteiger partial charge in [0.25, 0.3) is 0 Å². The summed E-state index contributed by atoms with van der Waals surface area (Å²) in [6, 6.07) is 3.33. The second-order valence-corrected chi connectivity index (χ2v) is 8.20. The number of anilines is 1. The maximum absolute atomic E-state index is 13.0. The largest absolute Gasteiger partial charge is 0.462 e. The van der Waals surface area contributed by atoms with Crippen LogP contribution in [0.15, 0.2) is 18.3 Å². The minimum Gasteiger partial charge on any atom is -0.462 e. The fourth-order valence-corrected chi connectivity index (χ4v) is 4.29. The van der Waals surface area contributed by atoms with E-state index in [1.54, 1.807) is 24.1 Å². The van der Waals surface area contributed by atoms with Crippen molar-refractivity contribution in [1.29, 1.82) is 0 Å². The van der Waals surface area contributed by atoms with Gasteiger partial charge in [0.1, 0.15) is 5.82 Å². The molecule has 0 aliphatic carbocycles. The van der Waals surface area contributed by atoms with E-state index < -0.39 is 0 Å². The van der Waals surface area contributed by atoms with Gasteiger partial charge in [0, 0.05) is 45.5 Å². The number of primary amides is 1. The van der Waals surface area contributed by atoms with Crippen LogP contribution in [0, 0.1) is 5.92 Å². The zero-order valence-electron chi connectivity index (χ0n) is 18.5. The highest BCUT2D eigenvalue weighted by atomic mass is 16.5. The van der Waals surface area contributed by atoms with Gasteiger partial charge < -0.3 is 20.3 Å². The molecular formula is C22H33N5O4. The lowest BCUT2D eigenvalue weighted by Crippen LogP contribution is -2.52. The standard InChI is InChI=1S/C22H33N5O4/c1-3-31-22(30)17-7-8-19(24-14-17)26-11-5-10-25(12-13-26)16(2)21(29)27-9-4-6-18(15-27)20(23)28/h7-8,14,16,18H,3-6,9-13,15H2,1-2H3,(H2,23,28). The molecule has 2 N–H and O–H groups in total. The van der Waals surface area contributed by atoms with Crippen molar-refractivity contribution in [2.75, 3.05) is 50.8 Å². The number of rotatable bonds is 6. The van der Waals surface area contributed by atoms with E-state index in [4.69, 9.17) is 10.5 Å². The Morgan fingerprint density at radius 2 is 1.97 bits per heavy atom. The van der Waals surface area contributed by atoms with Gasteiger partial charge in [-0.25, -0.2) is 9.78 Å². The van der Waals surface area contributed by atoms with Gasteiger partial charge >= 0.3 is 5.97 Å². The molecule has 1 aromatic rings. The maximum Gasteiger partial charge on any atom is 0.339 e. The monoisotopic (exact) mass is 431 g/mol. The van der Waals surface area contributed by atoms with Crippen molar-refractivity contribution in [3.8, 4) is 0 Å². The fourth-order valence-electron chi connectivity index (χ4n) is 4.29. The maximum atomic E-state index is 13.0. The molecule has 0 radical (unpaired) electrons. The van der Waals surface area contributed by atoms with Crippen molar-refractivity contribution >= 4 is 23.6 Å². The van der Waals surface area contributed by atoms with Gasteiger partial charge in [-0.2, -0.15) is 0 Å². The number of piperidine rings is 1. The van der Waals surface area contributed by atoms with Gasteiger partial charge in [-0.1, -0.05) is 0 Å². The summed E-state index contributed by atoms with van der Waals surface area (Å²) in [6.45, 7) is 8.29. The Labute approximate surface area is 183 Å². The van der Waals surface area contributed by atoms with E-state index in [1.165, 1.54) is 0 Å². The molecule has 3 rings (SSSR count). The van der Waals surface area contributed by atoms with Crippen molar-refractivity contribution in [3.63, 3.8) is 0 Å². The molecule has 3 heterocycles. The van der Waals surface area contributed by atoms with Gasteiger partial charge in [-0.05, 0) is 45.2 Å². The Balaban J connectivity index is 1.57. The highest BCUT2D eigenvalue weighted by Crippen LogP contribution is 2.20. The Morgan fingerprint density at radius 1 is 1.16 bits per heavy atom. The van der Waals surface area contributed by atoms with E-state index >= 15 is 0 Å². The van der Waals surface area contributed by atoms with Crippen LogP contribution in [0.1, 0.15) is 43.5 Å². The van der Waals surface area contributed by atoms with E-state index in [9.17, 15) is 14.4 Å². The summed E-state index contributed by atoms with van der Waals surface area (Å²) in [5.74, 6) is -0.0528. The average Bonchev–Trinajstić information content (AvgIpc) is 3.05. The first-order chi connectivity index (χ1) is 14.9. The molecule has 0 bridgehead atoms. The topological polar surface area (TPSA) is 109 Å². The predicted molar refractivity (Wildman–Crippen MR) is 117 cm³/mol. The molecular weight excluding hydrogens is 398 g/mol. The quantitative estimate of drug-likeness (QED) is 0.666. The molecule has 9 heteroatoms. The Morgan fingerprint density at radius 3 is 2.65 bits per heavy atom. The molecule has 2 aliphatic rings. The van der Waals surface area contributed by atoms with Crippen molar-refractivity contribution in [2.45, 2.75) is 39.2 Å². The van der Waals surface area contributed by atoms with E-state index in [1.807, 2.05) is 13.0 Å². The average molecular weight is 432 g/mol. The number of likely N-dealkylation sites (tertiary alicyclic amines) is 1. The predicted octanol–water partition coefficient (Wildman–Crippen LogP) is 0.883. The van der Waals surface area contributed by atoms with Gasteiger partial charge in [-0.15, -0.1) is 0 Å². The van der Waals surface area contributed by atoms with Crippen molar-refractivity contribution < 1.29 is 19.1 Å². The summed E-state index contributed by atoms with van der Waals surface area (Å²) in [7, 11) is 0. The minimum absolute atomic E-state index is 0.0660. The van der Waals surface area contributed by atoms with E-state index in [0.717, 1.165) is 51.3 Å². The number of hydrogen-bond donors (Lipinski definition) is 1. The van der Waals surface area contributed by atoms with E-state index in [2.05, 4.69) is 14.8 Å². The number of amides is 2. The molecule has 1 aromatic heterocycles. The molecule has 2 fully saturated rings. The van der Waals surface area contributed by atoms with Crippen LogP contribution in [-0.4, -0.2) is 84.5 Å². The van der Waals surface area contributed by atoms with Crippen LogP contribution in [0.4, 0.5) is 5.82 Å². The van der Waals surface area contributed by atoms with E-state index in [-0.39, 0.29) is 29.7 Å². The molecule has 0 aromatic carbocycles. The first kappa shape index (κ1) is 23.0. The van der Waals surface area contributed by atoms with Crippen molar-refractivity contribution in [3.05, 3.63) is 23.9 Å². The highest BCUT2D eigenvalue weighted by Gasteiger charge is 2.32. The highest BCUT2D eigenvalue weighted by molar-refractivity contribution is 5.89. The number of esters is 1. The van der Waals surface area contributed by atoms with Crippen LogP contribution in [0.5, 0.6) is 0 Å². The van der Waals surface area contributed by atoms with Gasteiger partial charge in [-0.3, -0.25) is 14.5 Å². The molecule has 2 amide bonds. The number of ether oxygens (including phenoxy) is 1. The Bertz CT molecular complexity index is 785. The summed E-state index contributed by atoms with van der Waals surface area (Å²) < 4.78 is 5.01. The molecule has 31 heavy (non-hydrogen) atoms. The molecule has 2 aliphatic heterocycles. The van der Waals surface area contributed by atoms with Crippen molar-refractivity contribution in [1.82, 2.24) is 14.8 Å². The fraction of sp³-hybridized carbons (Fsp3) is 0.636. The zero-order chi connectivity index (χ0) is 22.4. The summed E-state index contributed by atoms with van der Waals surface area (Å²) >= 11 is 0. The molecule has 170 valence electrons. The third kappa shape index (κ3) is 5.72. The first-order valence-corrected chi connectivity index (χ1v) is 11.1. The summed E-state index contributed by atoms with van der Waals surface area (Å²) in [4.78, 5) is 47.0. The molecule has 2 unspecified atom stereocenters. The van der Waals surface area contributed by atoms with Gasteiger partial charge in [0.2, 0.25) is 11.8 Å². The number of carbonyl (C=O) groups is 3. The van der Waals surface area contributed by atoms with Crippen LogP contribution in [-0.2, 0) is 14.3 Å². The SMILES string of the molecule is CCOC(=O)c1ccc(N2CCCN(C(C)C(=O)N3CCCC(C(N)=O)C3)CC2)nc1. The lowest BCUT2D eigenvalue weighted by molar-refractivity contribution is -0.139. The number of pyridine rings is 1. The molecule has 0 saturated carbocycles. The zero-order valence-corrected chi connectivity index (χ0v) is 18.5. The normalized spacial score (nSPS) is 21.3. The summed E-state index contributed by atoms with van der Waals surface area (Å²) in [6.07, 6.45) is 4.03. The summed E-state index contributed by atoms with van der Waals surface area (Å²) in [5.41, 5.74) is 5.90. The smallest absolute Gasteiger partial charge is 0.339 e. The first-order valence-electron chi connectivity index (χ1n) is 11.1. The number of aromatic nitrogens is 1. The lowest BCUT2D eigenvalue weighted by atomic mass is 9.97. The van der Waals surface area contributed by atoms with Gasteiger partial charge in [0.15, 0.2) is 0 Å². The van der Waals surface area contributed by atoms with Crippen LogP contribution >= 0.6 is 0 Å². The van der Waals surface area contributed by atoms with Gasteiger partial charge in [0.05, 0.1) is 24.1 Å². The number of nitrogens with zero attached hydrogens (tertiary/aromatic N) is 4. The lowest BCUT2D eigenvalue weighted by Gasteiger charge is -2.36. The molecule has 0 spiro atoms. The molecule has 2 atom stereocenters. The Hall–Kier alpha value is -2.68. The molecule has 9 nitrogen and oxygen atoms in total. The second-order valence-electron chi connectivity index (χ2n) is 8.20.